The molecule has 19 heavy (non-hydrogen) atoms. The molecule has 3 aliphatic rings. The van der Waals surface area contributed by atoms with Crippen LogP contribution in [0.25, 0.3) is 0 Å². The van der Waals surface area contributed by atoms with E-state index < -0.39 is 36.3 Å². The molecule has 3 saturated heterocycles. The zero-order chi connectivity index (χ0) is 14.0. The molecule has 3 heterocycles. The number of hydrogen-bond donors (Lipinski definition) is 3. The zero-order valence-corrected chi connectivity index (χ0v) is 10.8. The third-order valence-corrected chi connectivity index (χ3v) is 3.59. The average Bonchev–Trinajstić information content (AvgIpc) is 2.39. The van der Waals surface area contributed by atoms with Crippen molar-refractivity contribution in [2.45, 2.75) is 56.1 Å². The molecule has 0 radical (unpaired) electrons. The van der Waals surface area contributed by atoms with Gasteiger partial charge >= 0.3 is 0 Å². The van der Waals surface area contributed by atoms with Gasteiger partial charge in [0.2, 0.25) is 0 Å². The van der Waals surface area contributed by atoms with E-state index in [4.69, 9.17) is 14.2 Å². The lowest BCUT2D eigenvalue weighted by molar-refractivity contribution is -0.292. The molecule has 3 N–H and O–H groups in total. The number of carbonyl (C=O) groups is 1. The van der Waals surface area contributed by atoms with Crippen molar-refractivity contribution in [3.8, 4) is 0 Å². The highest BCUT2D eigenvalue weighted by Gasteiger charge is 2.46. The Balaban J connectivity index is 2.17. The lowest BCUT2D eigenvalue weighted by Crippen LogP contribution is -2.59. The van der Waals surface area contributed by atoms with Crippen LogP contribution in [0.1, 0.15) is 19.8 Å². The van der Waals surface area contributed by atoms with Gasteiger partial charge in [-0.15, -0.1) is 0 Å². The van der Waals surface area contributed by atoms with Crippen LogP contribution < -0.4 is 0 Å². The van der Waals surface area contributed by atoms with Gasteiger partial charge in [-0.2, -0.15) is 0 Å². The first-order valence-electron chi connectivity index (χ1n) is 6.37. The summed E-state index contributed by atoms with van der Waals surface area (Å²) in [4.78, 5) is 11.0. The Morgan fingerprint density at radius 1 is 1.16 bits per heavy atom. The monoisotopic (exact) mass is 276 g/mol. The minimum absolute atomic E-state index is 0.150. The second-order valence-corrected chi connectivity index (χ2v) is 5.29. The lowest BCUT2D eigenvalue weighted by atomic mass is 9.99. The Bertz CT molecular complexity index is 319. The van der Waals surface area contributed by atoms with Crippen LogP contribution in [0.5, 0.6) is 0 Å². The number of rotatable bonds is 1. The van der Waals surface area contributed by atoms with Crippen molar-refractivity contribution in [2.75, 3.05) is 13.2 Å². The van der Waals surface area contributed by atoms with Gasteiger partial charge in [-0.05, 0) is 19.8 Å². The molecule has 0 aromatic carbocycles. The topological polar surface area (TPSA) is 105 Å². The van der Waals surface area contributed by atoms with E-state index in [1.807, 2.05) is 0 Å². The van der Waals surface area contributed by atoms with Crippen molar-refractivity contribution >= 4 is 6.29 Å². The Labute approximate surface area is 111 Å². The number of aldehydes is 1. The Morgan fingerprint density at radius 3 is 2.42 bits per heavy atom. The van der Waals surface area contributed by atoms with E-state index in [2.05, 4.69) is 0 Å². The van der Waals surface area contributed by atoms with Gasteiger partial charge in [-0.25, -0.2) is 0 Å². The molecule has 6 atom stereocenters. The summed E-state index contributed by atoms with van der Waals surface area (Å²) >= 11 is 0. The first-order chi connectivity index (χ1) is 8.94. The van der Waals surface area contributed by atoms with Crippen LogP contribution in [0.15, 0.2) is 0 Å². The summed E-state index contributed by atoms with van der Waals surface area (Å²) in [6.07, 6.45) is -4.40. The van der Waals surface area contributed by atoms with Gasteiger partial charge in [-0.3, -0.25) is 0 Å². The maximum absolute atomic E-state index is 11.0. The van der Waals surface area contributed by atoms with Crippen LogP contribution in [0.4, 0.5) is 0 Å². The molecule has 5 unspecified atom stereocenters. The van der Waals surface area contributed by atoms with Gasteiger partial charge in [0, 0.05) is 6.61 Å². The van der Waals surface area contributed by atoms with Gasteiger partial charge in [0.15, 0.2) is 12.6 Å². The second kappa shape index (κ2) is 5.82. The highest BCUT2D eigenvalue weighted by atomic mass is 16.7. The molecule has 0 aliphatic carbocycles. The quantitative estimate of drug-likeness (QED) is 0.505. The van der Waals surface area contributed by atoms with E-state index in [-0.39, 0.29) is 13.2 Å². The number of hydrogen-bond acceptors (Lipinski definition) is 7. The van der Waals surface area contributed by atoms with E-state index in [1.165, 1.54) is 0 Å². The highest BCUT2D eigenvalue weighted by molar-refractivity contribution is 5.57. The summed E-state index contributed by atoms with van der Waals surface area (Å²) in [5.41, 5.74) is -0.962. The summed E-state index contributed by atoms with van der Waals surface area (Å²) in [5, 5.41) is 29.9. The third-order valence-electron chi connectivity index (χ3n) is 3.59. The van der Waals surface area contributed by atoms with Crippen molar-refractivity contribution in [2.24, 2.45) is 0 Å². The highest BCUT2D eigenvalue weighted by Crippen LogP contribution is 2.26. The smallest absolute Gasteiger partial charge is 0.187 e. The van der Waals surface area contributed by atoms with Crippen molar-refractivity contribution in [3.63, 3.8) is 0 Å². The fourth-order valence-electron chi connectivity index (χ4n) is 2.24. The Kier molecular flexibility index (Phi) is 4.54. The van der Waals surface area contributed by atoms with Crippen LogP contribution >= 0.6 is 0 Å². The number of aliphatic hydroxyl groups is 3. The fourth-order valence-corrected chi connectivity index (χ4v) is 2.24. The predicted molar refractivity (Wildman–Crippen MR) is 62.3 cm³/mol. The van der Waals surface area contributed by atoms with E-state index in [0.717, 1.165) is 0 Å². The summed E-state index contributed by atoms with van der Waals surface area (Å²) in [5.74, 6) is 0. The summed E-state index contributed by atoms with van der Waals surface area (Å²) < 4.78 is 16.0. The van der Waals surface area contributed by atoms with Crippen molar-refractivity contribution < 1.29 is 34.3 Å². The van der Waals surface area contributed by atoms with Crippen molar-refractivity contribution in [1.29, 1.82) is 0 Å². The summed E-state index contributed by atoms with van der Waals surface area (Å²) in [6, 6.07) is 0. The molecule has 3 fully saturated rings. The molecule has 110 valence electrons. The molecular formula is C12H20O7. The normalized spacial score (nSPS) is 48.5. The first-order valence-corrected chi connectivity index (χ1v) is 6.37. The van der Waals surface area contributed by atoms with E-state index in [1.54, 1.807) is 6.92 Å². The number of fused-ring (bicyclic) bond motifs is 8. The number of aliphatic hydroxyl groups excluding tert-OH is 2. The molecule has 3 aliphatic heterocycles. The average molecular weight is 276 g/mol. The zero-order valence-electron chi connectivity index (χ0n) is 10.8. The minimum Gasteiger partial charge on any atom is -0.390 e. The van der Waals surface area contributed by atoms with Crippen molar-refractivity contribution in [1.82, 2.24) is 0 Å². The van der Waals surface area contributed by atoms with Gasteiger partial charge < -0.3 is 34.3 Å². The van der Waals surface area contributed by atoms with E-state index >= 15 is 0 Å². The molecule has 2 bridgehead atoms. The Hall–Kier alpha value is -0.570. The van der Waals surface area contributed by atoms with E-state index in [9.17, 15) is 20.1 Å². The van der Waals surface area contributed by atoms with Gasteiger partial charge in [0.1, 0.15) is 24.4 Å². The molecule has 7 nitrogen and oxygen atoms in total. The number of ether oxygens (including phenoxy) is 3. The van der Waals surface area contributed by atoms with Crippen LogP contribution in [0.2, 0.25) is 0 Å². The third kappa shape index (κ3) is 3.31. The Morgan fingerprint density at radius 2 is 1.79 bits per heavy atom. The molecule has 3 rings (SSSR count). The standard InChI is InChI=1S/C12H20O7/c1-12(16)2-4-17-10-7(6-13)19-11(18-5-3-12)9(15)8(10)14/h6-11,14-16H,2-5H2,1H3/t7?,8?,9?,10?,11?,12-/m1/s1. The lowest BCUT2D eigenvalue weighted by Gasteiger charge is -2.40. The molecule has 0 aromatic rings. The van der Waals surface area contributed by atoms with Crippen LogP contribution in [0.3, 0.4) is 0 Å². The van der Waals surface area contributed by atoms with Gasteiger partial charge in [0.25, 0.3) is 0 Å². The fraction of sp³-hybridized carbons (Fsp3) is 0.917. The van der Waals surface area contributed by atoms with Crippen LogP contribution in [0, 0.1) is 0 Å². The molecule has 0 aromatic heterocycles. The van der Waals surface area contributed by atoms with Gasteiger partial charge in [-0.1, -0.05) is 0 Å². The first kappa shape index (κ1) is 14.8. The largest absolute Gasteiger partial charge is 0.390 e. The van der Waals surface area contributed by atoms with Crippen LogP contribution in [-0.4, -0.2) is 71.1 Å². The molecule has 7 heteroatoms. The molecular weight excluding hydrogens is 256 g/mol. The minimum atomic E-state index is -1.29. The molecule has 0 spiro atoms. The molecule has 0 saturated carbocycles. The number of carbonyl (C=O) groups excluding carboxylic acids is 1. The predicted octanol–water partition coefficient (Wildman–Crippen LogP) is -1.42. The molecule has 0 amide bonds. The SMILES string of the molecule is C[C@]1(O)CCOC2OC(C=O)C(OCC1)C(O)C2O. The van der Waals surface area contributed by atoms with E-state index in [0.29, 0.717) is 19.1 Å². The summed E-state index contributed by atoms with van der Waals surface area (Å²) in [7, 11) is 0. The van der Waals surface area contributed by atoms with Crippen molar-refractivity contribution in [3.05, 3.63) is 0 Å². The second-order valence-electron chi connectivity index (χ2n) is 5.29. The maximum Gasteiger partial charge on any atom is 0.187 e. The van der Waals surface area contributed by atoms with Crippen LogP contribution in [-0.2, 0) is 19.0 Å². The summed E-state index contributed by atoms with van der Waals surface area (Å²) in [6.45, 7) is 1.96. The maximum atomic E-state index is 11.0. The van der Waals surface area contributed by atoms with Gasteiger partial charge in [0.05, 0.1) is 12.2 Å².